The number of rotatable bonds is 6. The van der Waals surface area contributed by atoms with Crippen molar-refractivity contribution in [3.63, 3.8) is 0 Å². The van der Waals surface area contributed by atoms with Gasteiger partial charge in [0.25, 0.3) is 5.91 Å². The van der Waals surface area contributed by atoms with Gasteiger partial charge in [0.2, 0.25) is 10.0 Å². The van der Waals surface area contributed by atoms with E-state index in [4.69, 9.17) is 27.9 Å². The lowest BCUT2D eigenvalue weighted by Gasteiger charge is -2.19. The highest BCUT2D eigenvalue weighted by Crippen LogP contribution is 2.32. The molecule has 0 bridgehead atoms. The van der Waals surface area contributed by atoms with Crippen LogP contribution >= 0.6 is 23.2 Å². The maximum atomic E-state index is 13.0. The van der Waals surface area contributed by atoms with E-state index in [-0.39, 0.29) is 26.3 Å². The predicted octanol–water partition coefficient (Wildman–Crippen LogP) is 4.43. The summed E-state index contributed by atoms with van der Waals surface area (Å²) in [7, 11) is -3.73. The molecular formula is C19H20Cl2N2O4S. The van der Waals surface area contributed by atoms with E-state index in [0.29, 0.717) is 25.4 Å². The highest BCUT2D eigenvalue weighted by molar-refractivity contribution is 7.89. The Morgan fingerprint density at radius 1 is 1.14 bits per heavy atom. The first kappa shape index (κ1) is 20.9. The topological polar surface area (TPSA) is 75.7 Å². The summed E-state index contributed by atoms with van der Waals surface area (Å²) in [6, 6.07) is 9.28. The van der Waals surface area contributed by atoms with Gasteiger partial charge in [-0.05, 0) is 50.1 Å². The summed E-state index contributed by atoms with van der Waals surface area (Å²) in [6.07, 6.45) is 1.65. The van der Waals surface area contributed by atoms with Gasteiger partial charge < -0.3 is 10.1 Å². The van der Waals surface area contributed by atoms with Crippen LogP contribution in [-0.4, -0.2) is 38.3 Å². The lowest BCUT2D eigenvalue weighted by atomic mass is 10.2. The third-order valence-electron chi connectivity index (χ3n) is 4.37. The number of carbonyl (C=O) groups excluding carboxylic acids is 1. The van der Waals surface area contributed by atoms with Crippen molar-refractivity contribution in [3.8, 4) is 5.75 Å². The van der Waals surface area contributed by atoms with E-state index in [0.717, 1.165) is 12.8 Å². The van der Waals surface area contributed by atoms with Crippen LogP contribution in [0.1, 0.15) is 30.1 Å². The number of hydrogen-bond acceptors (Lipinski definition) is 4. The van der Waals surface area contributed by atoms with Crippen LogP contribution in [-0.2, 0) is 10.0 Å². The van der Waals surface area contributed by atoms with Crippen LogP contribution in [0.3, 0.4) is 0 Å². The molecule has 150 valence electrons. The maximum absolute atomic E-state index is 13.0. The van der Waals surface area contributed by atoms with Crippen molar-refractivity contribution in [2.75, 3.05) is 25.0 Å². The Morgan fingerprint density at radius 2 is 1.79 bits per heavy atom. The molecule has 0 atom stereocenters. The van der Waals surface area contributed by atoms with Crippen LogP contribution < -0.4 is 10.1 Å². The Morgan fingerprint density at radius 3 is 2.39 bits per heavy atom. The Labute approximate surface area is 174 Å². The first-order chi connectivity index (χ1) is 13.3. The molecule has 0 spiro atoms. The molecule has 1 N–H and O–H groups in total. The van der Waals surface area contributed by atoms with Gasteiger partial charge in [0.15, 0.2) is 0 Å². The van der Waals surface area contributed by atoms with Crippen LogP contribution in [0.15, 0.2) is 41.3 Å². The Bertz CT molecular complexity index is 969. The zero-order valence-electron chi connectivity index (χ0n) is 15.2. The maximum Gasteiger partial charge on any atom is 0.258 e. The van der Waals surface area contributed by atoms with Crippen molar-refractivity contribution in [2.45, 2.75) is 24.7 Å². The third kappa shape index (κ3) is 4.27. The minimum atomic E-state index is -3.73. The van der Waals surface area contributed by atoms with Crippen LogP contribution in [0.4, 0.5) is 5.69 Å². The molecule has 0 aliphatic carbocycles. The molecule has 9 heteroatoms. The van der Waals surface area contributed by atoms with Gasteiger partial charge >= 0.3 is 0 Å². The summed E-state index contributed by atoms with van der Waals surface area (Å²) in [6.45, 7) is 3.05. The van der Waals surface area contributed by atoms with Crippen molar-refractivity contribution in [2.24, 2.45) is 0 Å². The molecular weight excluding hydrogens is 423 g/mol. The van der Waals surface area contributed by atoms with Crippen molar-refractivity contribution in [1.82, 2.24) is 4.31 Å². The molecule has 1 aliphatic rings. The number of anilines is 1. The molecule has 28 heavy (non-hydrogen) atoms. The number of sulfonamides is 1. The molecule has 6 nitrogen and oxygen atoms in total. The van der Waals surface area contributed by atoms with E-state index in [1.165, 1.54) is 16.4 Å². The highest BCUT2D eigenvalue weighted by atomic mass is 35.5. The van der Waals surface area contributed by atoms with Gasteiger partial charge in [-0.15, -0.1) is 0 Å². The summed E-state index contributed by atoms with van der Waals surface area (Å²) in [5.74, 6) is -0.271. The third-order valence-corrected chi connectivity index (χ3v) is 6.92. The highest BCUT2D eigenvalue weighted by Gasteiger charge is 2.30. The van der Waals surface area contributed by atoms with Crippen molar-refractivity contribution < 1.29 is 17.9 Å². The van der Waals surface area contributed by atoms with Gasteiger partial charge in [-0.25, -0.2) is 8.42 Å². The van der Waals surface area contributed by atoms with E-state index in [1.807, 2.05) is 0 Å². The molecule has 0 unspecified atom stereocenters. The van der Waals surface area contributed by atoms with E-state index < -0.39 is 15.9 Å². The SMILES string of the molecule is CCOc1ccc(NC(=O)c2c(Cl)cccc2Cl)cc1S(=O)(=O)N1CCCC1. The Kier molecular flexibility index (Phi) is 6.50. The zero-order chi connectivity index (χ0) is 20.3. The van der Waals surface area contributed by atoms with Crippen molar-refractivity contribution in [3.05, 3.63) is 52.0 Å². The normalized spacial score (nSPS) is 14.8. The second-order valence-electron chi connectivity index (χ2n) is 6.26. The Hall–Kier alpha value is -1.80. The standard InChI is InChI=1S/C19H20Cl2N2O4S/c1-2-27-16-9-8-13(12-17(16)28(25,26)23-10-3-4-11-23)22-19(24)18-14(20)6-5-7-15(18)21/h5-9,12H,2-4,10-11H2,1H3,(H,22,24). The number of amides is 1. The van der Waals surface area contributed by atoms with Gasteiger partial charge in [-0.1, -0.05) is 29.3 Å². The number of halogens is 2. The zero-order valence-corrected chi connectivity index (χ0v) is 17.6. The minimum absolute atomic E-state index is 0.0271. The molecule has 2 aromatic rings. The second kappa shape index (κ2) is 8.69. The summed E-state index contributed by atoms with van der Waals surface area (Å²) in [5, 5.41) is 3.08. The monoisotopic (exact) mass is 442 g/mol. The van der Waals surface area contributed by atoms with Crippen LogP contribution in [0.25, 0.3) is 0 Å². The number of benzene rings is 2. The first-order valence-corrected chi connectivity index (χ1v) is 11.1. The molecule has 3 rings (SSSR count). The van der Waals surface area contributed by atoms with Gasteiger partial charge in [-0.2, -0.15) is 4.31 Å². The van der Waals surface area contributed by atoms with Crippen LogP contribution in [0, 0.1) is 0 Å². The van der Waals surface area contributed by atoms with E-state index in [2.05, 4.69) is 5.32 Å². The van der Waals surface area contributed by atoms with E-state index in [1.54, 1.807) is 31.2 Å². The van der Waals surface area contributed by atoms with Gasteiger partial charge in [0.1, 0.15) is 10.6 Å². The number of hydrogen-bond donors (Lipinski definition) is 1. The summed E-state index contributed by atoms with van der Waals surface area (Å²) < 4.78 is 33.0. The van der Waals surface area contributed by atoms with Crippen LogP contribution in [0.5, 0.6) is 5.75 Å². The molecule has 1 saturated heterocycles. The number of nitrogens with zero attached hydrogens (tertiary/aromatic N) is 1. The van der Waals surface area contributed by atoms with Gasteiger partial charge in [0.05, 0.1) is 22.2 Å². The molecule has 1 aliphatic heterocycles. The fourth-order valence-corrected chi connectivity index (χ4v) is 5.28. The molecule has 1 heterocycles. The van der Waals surface area contributed by atoms with Crippen molar-refractivity contribution in [1.29, 1.82) is 0 Å². The lowest BCUT2D eigenvalue weighted by Crippen LogP contribution is -2.28. The van der Waals surface area contributed by atoms with Crippen LogP contribution in [0.2, 0.25) is 10.0 Å². The number of ether oxygens (including phenoxy) is 1. The van der Waals surface area contributed by atoms with E-state index >= 15 is 0 Å². The molecule has 2 aromatic carbocycles. The Balaban J connectivity index is 1.96. The first-order valence-electron chi connectivity index (χ1n) is 8.87. The lowest BCUT2D eigenvalue weighted by molar-refractivity contribution is 0.102. The fourth-order valence-electron chi connectivity index (χ4n) is 3.04. The van der Waals surface area contributed by atoms with Gasteiger partial charge in [0, 0.05) is 18.8 Å². The molecule has 0 aromatic heterocycles. The predicted molar refractivity (Wildman–Crippen MR) is 110 cm³/mol. The average molecular weight is 443 g/mol. The number of carbonyl (C=O) groups is 1. The quantitative estimate of drug-likeness (QED) is 0.717. The minimum Gasteiger partial charge on any atom is -0.492 e. The molecule has 1 amide bonds. The molecule has 1 fully saturated rings. The van der Waals surface area contributed by atoms with Gasteiger partial charge in [-0.3, -0.25) is 4.79 Å². The van der Waals surface area contributed by atoms with Crippen molar-refractivity contribution >= 4 is 44.8 Å². The van der Waals surface area contributed by atoms with E-state index in [9.17, 15) is 13.2 Å². The molecule has 0 saturated carbocycles. The average Bonchev–Trinajstić information content (AvgIpc) is 3.18. The largest absolute Gasteiger partial charge is 0.492 e. The fraction of sp³-hybridized carbons (Fsp3) is 0.316. The smallest absolute Gasteiger partial charge is 0.258 e. The number of nitrogens with one attached hydrogen (secondary N) is 1. The summed E-state index contributed by atoms with van der Waals surface area (Å²) >= 11 is 12.2. The summed E-state index contributed by atoms with van der Waals surface area (Å²) in [5.41, 5.74) is 0.436. The summed E-state index contributed by atoms with van der Waals surface area (Å²) in [4.78, 5) is 12.6. The second-order valence-corrected chi connectivity index (χ2v) is 8.98. The molecule has 0 radical (unpaired) electrons.